The molecule has 7 heteroatoms. The molecular formula is C12H25N3O2S2. The molecule has 0 amide bonds. The summed E-state index contributed by atoms with van der Waals surface area (Å²) in [5, 5.41) is 2.91. The van der Waals surface area contributed by atoms with Gasteiger partial charge in [0.05, 0.1) is 5.25 Å². The third kappa shape index (κ3) is 5.59. The Hall–Kier alpha value is 0.180. The first kappa shape index (κ1) is 15.6. The SMILES string of the molecule is CC(CNC1CC1)S(=O)(=O)NCCN1CCSCC1. The maximum atomic E-state index is 12.0. The highest BCUT2D eigenvalue weighted by Gasteiger charge is 2.25. The summed E-state index contributed by atoms with van der Waals surface area (Å²) in [5.41, 5.74) is 0. The second-order valence-electron chi connectivity index (χ2n) is 5.39. The molecule has 1 heterocycles. The van der Waals surface area contributed by atoms with Crippen molar-refractivity contribution in [3.8, 4) is 0 Å². The number of thioether (sulfide) groups is 1. The van der Waals surface area contributed by atoms with Crippen LogP contribution in [-0.2, 0) is 10.0 Å². The van der Waals surface area contributed by atoms with Crippen molar-refractivity contribution in [1.82, 2.24) is 14.9 Å². The number of rotatable bonds is 8. The van der Waals surface area contributed by atoms with Gasteiger partial charge in [-0.15, -0.1) is 0 Å². The molecule has 112 valence electrons. The Morgan fingerprint density at radius 1 is 1.32 bits per heavy atom. The zero-order valence-electron chi connectivity index (χ0n) is 11.6. The van der Waals surface area contributed by atoms with Crippen molar-refractivity contribution < 1.29 is 8.42 Å². The lowest BCUT2D eigenvalue weighted by Gasteiger charge is -2.26. The van der Waals surface area contributed by atoms with Crippen LogP contribution in [0.2, 0.25) is 0 Å². The van der Waals surface area contributed by atoms with Crippen molar-refractivity contribution in [3.05, 3.63) is 0 Å². The van der Waals surface area contributed by atoms with E-state index >= 15 is 0 Å². The van der Waals surface area contributed by atoms with Crippen LogP contribution in [-0.4, -0.2) is 68.8 Å². The minimum atomic E-state index is -3.17. The van der Waals surface area contributed by atoms with Crippen LogP contribution in [0.5, 0.6) is 0 Å². The van der Waals surface area contributed by atoms with Crippen molar-refractivity contribution in [1.29, 1.82) is 0 Å². The van der Waals surface area contributed by atoms with E-state index in [4.69, 9.17) is 0 Å². The Balaban J connectivity index is 1.64. The van der Waals surface area contributed by atoms with E-state index in [2.05, 4.69) is 14.9 Å². The van der Waals surface area contributed by atoms with Crippen LogP contribution in [0.3, 0.4) is 0 Å². The zero-order valence-corrected chi connectivity index (χ0v) is 13.2. The highest BCUT2D eigenvalue weighted by atomic mass is 32.2. The maximum absolute atomic E-state index is 12.0. The Kier molecular flexibility index (Phi) is 5.95. The average molecular weight is 307 g/mol. The minimum absolute atomic E-state index is 0.356. The van der Waals surface area contributed by atoms with Crippen molar-refractivity contribution >= 4 is 21.8 Å². The first-order chi connectivity index (χ1) is 9.08. The first-order valence-electron chi connectivity index (χ1n) is 7.10. The van der Waals surface area contributed by atoms with Gasteiger partial charge in [0.2, 0.25) is 10.0 Å². The highest BCUT2D eigenvalue weighted by Crippen LogP contribution is 2.18. The van der Waals surface area contributed by atoms with Gasteiger partial charge in [-0.25, -0.2) is 13.1 Å². The number of sulfonamides is 1. The van der Waals surface area contributed by atoms with Crippen LogP contribution in [0.1, 0.15) is 19.8 Å². The summed E-state index contributed by atoms with van der Waals surface area (Å²) in [4.78, 5) is 2.33. The molecule has 0 spiro atoms. The zero-order chi connectivity index (χ0) is 13.7. The van der Waals surface area contributed by atoms with Gasteiger partial charge in [0.25, 0.3) is 0 Å². The molecule has 0 bridgehead atoms. The number of hydrogen-bond acceptors (Lipinski definition) is 5. The molecule has 2 fully saturated rings. The predicted octanol–water partition coefficient (Wildman–Crippen LogP) is 0.0951. The van der Waals surface area contributed by atoms with E-state index in [-0.39, 0.29) is 5.25 Å². The van der Waals surface area contributed by atoms with Gasteiger partial charge < -0.3 is 10.2 Å². The summed E-state index contributed by atoms with van der Waals surface area (Å²) < 4.78 is 26.8. The summed E-state index contributed by atoms with van der Waals surface area (Å²) in [6, 6.07) is 0.559. The van der Waals surface area contributed by atoms with E-state index < -0.39 is 10.0 Å². The van der Waals surface area contributed by atoms with Crippen molar-refractivity contribution in [2.75, 3.05) is 44.2 Å². The fourth-order valence-electron chi connectivity index (χ4n) is 2.04. The Labute approximate surface area is 120 Å². The van der Waals surface area contributed by atoms with Crippen molar-refractivity contribution in [3.63, 3.8) is 0 Å². The molecule has 0 radical (unpaired) electrons. The summed E-state index contributed by atoms with van der Waals surface area (Å²) in [5.74, 6) is 2.32. The van der Waals surface area contributed by atoms with Crippen LogP contribution < -0.4 is 10.0 Å². The van der Waals surface area contributed by atoms with Crippen LogP contribution in [0.25, 0.3) is 0 Å². The molecule has 1 aliphatic carbocycles. The Morgan fingerprint density at radius 2 is 2.00 bits per heavy atom. The lowest BCUT2D eigenvalue weighted by atomic mass is 10.4. The lowest BCUT2D eigenvalue weighted by Crippen LogP contribution is -2.43. The predicted molar refractivity (Wildman–Crippen MR) is 81.2 cm³/mol. The molecule has 1 saturated carbocycles. The molecule has 1 unspecified atom stereocenters. The normalized spacial score (nSPS) is 23.4. The molecule has 1 atom stereocenters. The van der Waals surface area contributed by atoms with Crippen molar-refractivity contribution in [2.24, 2.45) is 0 Å². The number of nitrogens with one attached hydrogen (secondary N) is 2. The molecule has 0 aromatic heterocycles. The number of hydrogen-bond donors (Lipinski definition) is 2. The van der Waals surface area contributed by atoms with E-state index in [0.29, 0.717) is 19.1 Å². The monoisotopic (exact) mass is 307 g/mol. The molecule has 2 N–H and O–H groups in total. The van der Waals surface area contributed by atoms with E-state index in [1.54, 1.807) is 6.92 Å². The molecule has 2 rings (SSSR count). The van der Waals surface area contributed by atoms with Crippen LogP contribution in [0.15, 0.2) is 0 Å². The molecule has 1 saturated heterocycles. The second kappa shape index (κ2) is 7.26. The number of nitrogens with zero attached hydrogens (tertiary/aromatic N) is 1. The molecule has 0 aromatic rings. The Morgan fingerprint density at radius 3 is 2.63 bits per heavy atom. The third-order valence-corrected chi connectivity index (χ3v) is 6.41. The van der Waals surface area contributed by atoms with Crippen LogP contribution in [0.4, 0.5) is 0 Å². The van der Waals surface area contributed by atoms with Crippen molar-refractivity contribution in [2.45, 2.75) is 31.1 Å². The van der Waals surface area contributed by atoms with Gasteiger partial charge in [-0.3, -0.25) is 0 Å². The molecule has 1 aliphatic heterocycles. The fourth-order valence-corrected chi connectivity index (χ4v) is 4.00. The van der Waals surface area contributed by atoms with E-state index in [0.717, 1.165) is 31.1 Å². The average Bonchev–Trinajstić information content (AvgIpc) is 3.21. The summed E-state index contributed by atoms with van der Waals surface area (Å²) in [7, 11) is -3.17. The second-order valence-corrected chi connectivity index (χ2v) is 8.79. The van der Waals surface area contributed by atoms with Crippen LogP contribution >= 0.6 is 11.8 Å². The summed E-state index contributed by atoms with van der Waals surface area (Å²) in [6.07, 6.45) is 2.38. The van der Waals surface area contributed by atoms with Gasteiger partial charge >= 0.3 is 0 Å². The largest absolute Gasteiger partial charge is 0.313 e. The molecule has 2 aliphatic rings. The van der Waals surface area contributed by atoms with Gasteiger partial charge in [-0.05, 0) is 19.8 Å². The smallest absolute Gasteiger partial charge is 0.215 e. The van der Waals surface area contributed by atoms with Gasteiger partial charge in [-0.1, -0.05) is 0 Å². The minimum Gasteiger partial charge on any atom is -0.313 e. The molecule has 5 nitrogen and oxygen atoms in total. The van der Waals surface area contributed by atoms with Crippen LogP contribution in [0, 0.1) is 0 Å². The fraction of sp³-hybridized carbons (Fsp3) is 1.00. The standard InChI is InChI=1S/C12H25N3O2S2/c1-11(10-13-12-2-3-12)19(16,17)14-4-5-15-6-8-18-9-7-15/h11-14H,2-10H2,1H3. The molecule has 0 aromatic carbocycles. The van der Waals surface area contributed by atoms with E-state index in [1.165, 1.54) is 12.8 Å². The highest BCUT2D eigenvalue weighted by molar-refractivity contribution is 7.99. The van der Waals surface area contributed by atoms with Gasteiger partial charge in [0.1, 0.15) is 0 Å². The van der Waals surface area contributed by atoms with Gasteiger partial charge in [0, 0.05) is 50.3 Å². The maximum Gasteiger partial charge on any atom is 0.215 e. The quantitative estimate of drug-likeness (QED) is 0.666. The van der Waals surface area contributed by atoms with E-state index in [1.807, 2.05) is 11.8 Å². The van der Waals surface area contributed by atoms with E-state index in [9.17, 15) is 8.42 Å². The lowest BCUT2D eigenvalue weighted by molar-refractivity contribution is 0.307. The Bertz CT molecular complexity index is 365. The summed E-state index contributed by atoms with van der Waals surface area (Å²) in [6.45, 7) is 5.83. The van der Waals surface area contributed by atoms with Gasteiger partial charge in [-0.2, -0.15) is 11.8 Å². The molecular weight excluding hydrogens is 282 g/mol. The van der Waals surface area contributed by atoms with Gasteiger partial charge in [0.15, 0.2) is 0 Å². The molecule has 19 heavy (non-hydrogen) atoms. The first-order valence-corrected chi connectivity index (χ1v) is 9.80. The summed E-state index contributed by atoms with van der Waals surface area (Å²) >= 11 is 1.97. The topological polar surface area (TPSA) is 61.4 Å². The third-order valence-electron chi connectivity index (χ3n) is 3.64.